The maximum Gasteiger partial charge on any atom is 0.407 e. The van der Waals surface area contributed by atoms with E-state index in [4.69, 9.17) is 21.4 Å². The topological polar surface area (TPSA) is 112 Å². The van der Waals surface area contributed by atoms with Crippen LogP contribution in [0.1, 0.15) is 13.8 Å². The quantitative estimate of drug-likeness (QED) is 0.401. The monoisotopic (exact) mass is 544 g/mol. The number of nitrogens with zero attached hydrogens (tertiary/aromatic N) is 3. The first-order valence-corrected chi connectivity index (χ1v) is 13.7. The molecule has 1 aliphatic heterocycles. The molecule has 196 valence electrons. The van der Waals surface area contributed by atoms with Crippen molar-refractivity contribution in [1.29, 1.82) is 0 Å². The SMILES string of the molecule is COc1cc(NS(=O)(=O)C(C)C)cc(-c2cc(-c3ccc(N4CCN(C(=O)O)CC4)cc3)cnc2Cl)c1. The lowest BCUT2D eigenvalue weighted by atomic mass is 10.0. The summed E-state index contributed by atoms with van der Waals surface area (Å²) in [6.45, 7) is 5.42. The number of anilines is 2. The van der Waals surface area contributed by atoms with Crippen LogP contribution in [0.15, 0.2) is 54.7 Å². The van der Waals surface area contributed by atoms with Gasteiger partial charge in [0.1, 0.15) is 10.9 Å². The fraction of sp³-hybridized carbons (Fsp3) is 0.308. The molecule has 1 saturated heterocycles. The Morgan fingerprint density at radius 2 is 1.70 bits per heavy atom. The molecule has 0 unspecified atom stereocenters. The summed E-state index contributed by atoms with van der Waals surface area (Å²) >= 11 is 6.47. The maximum absolute atomic E-state index is 12.4. The van der Waals surface area contributed by atoms with Crippen molar-refractivity contribution in [2.24, 2.45) is 0 Å². The molecule has 1 amide bonds. The second kappa shape index (κ2) is 10.9. The third-order valence-electron chi connectivity index (χ3n) is 6.29. The number of benzene rings is 2. The van der Waals surface area contributed by atoms with Crippen molar-refractivity contribution in [2.75, 3.05) is 42.9 Å². The van der Waals surface area contributed by atoms with Crippen LogP contribution in [0.4, 0.5) is 16.2 Å². The van der Waals surface area contributed by atoms with Crippen molar-refractivity contribution < 1.29 is 23.1 Å². The average molecular weight is 545 g/mol. The highest BCUT2D eigenvalue weighted by atomic mass is 35.5. The Morgan fingerprint density at radius 1 is 1.03 bits per heavy atom. The largest absolute Gasteiger partial charge is 0.497 e. The lowest BCUT2D eigenvalue weighted by Gasteiger charge is -2.34. The van der Waals surface area contributed by atoms with Gasteiger partial charge in [-0.3, -0.25) is 4.72 Å². The first-order chi connectivity index (χ1) is 17.6. The molecule has 2 N–H and O–H groups in total. The standard InChI is InChI=1S/C26H29ClN4O5S/c1-17(2)37(34,35)29-21-12-19(13-23(15-21)36-3)24-14-20(16-28-25(24)27)18-4-6-22(7-5-18)30-8-10-31(11-9-30)26(32)33/h4-7,12-17,29H,8-11H2,1-3H3,(H,32,33). The Hall–Kier alpha value is -3.50. The van der Waals surface area contributed by atoms with E-state index in [1.807, 2.05) is 30.3 Å². The Balaban J connectivity index is 1.61. The third kappa shape index (κ3) is 6.08. The van der Waals surface area contributed by atoms with Crippen molar-refractivity contribution in [3.05, 3.63) is 59.9 Å². The molecule has 1 aromatic heterocycles. The van der Waals surface area contributed by atoms with Gasteiger partial charge in [0.25, 0.3) is 0 Å². The highest BCUT2D eigenvalue weighted by molar-refractivity contribution is 7.93. The highest BCUT2D eigenvalue weighted by Crippen LogP contribution is 2.35. The summed E-state index contributed by atoms with van der Waals surface area (Å²) in [6.07, 6.45) is 0.802. The molecule has 37 heavy (non-hydrogen) atoms. The van der Waals surface area contributed by atoms with Gasteiger partial charge in [-0.05, 0) is 55.3 Å². The number of piperazine rings is 1. The van der Waals surface area contributed by atoms with Gasteiger partial charge in [0.15, 0.2) is 0 Å². The molecule has 2 heterocycles. The Bertz CT molecular complexity index is 1390. The van der Waals surface area contributed by atoms with Gasteiger partial charge in [0, 0.05) is 55.3 Å². The zero-order valence-corrected chi connectivity index (χ0v) is 22.4. The molecular formula is C26H29ClN4O5S. The van der Waals surface area contributed by atoms with Crippen LogP contribution in [-0.2, 0) is 10.0 Å². The van der Waals surface area contributed by atoms with Crippen LogP contribution in [0.3, 0.4) is 0 Å². The number of carboxylic acid groups (broad SMARTS) is 1. The van der Waals surface area contributed by atoms with Gasteiger partial charge >= 0.3 is 6.09 Å². The van der Waals surface area contributed by atoms with E-state index in [2.05, 4.69) is 14.6 Å². The number of aromatic nitrogens is 1. The minimum absolute atomic E-state index is 0.280. The van der Waals surface area contributed by atoms with E-state index in [0.29, 0.717) is 48.7 Å². The molecule has 0 atom stereocenters. The molecule has 0 spiro atoms. The summed E-state index contributed by atoms with van der Waals surface area (Å²) in [7, 11) is -2.03. The van der Waals surface area contributed by atoms with Crippen molar-refractivity contribution >= 4 is 39.1 Å². The van der Waals surface area contributed by atoms with Crippen LogP contribution >= 0.6 is 11.6 Å². The number of hydrogen-bond acceptors (Lipinski definition) is 6. The summed E-state index contributed by atoms with van der Waals surface area (Å²) in [4.78, 5) is 19.1. The molecule has 2 aromatic carbocycles. The summed E-state index contributed by atoms with van der Waals surface area (Å²) in [5.74, 6) is 0.479. The zero-order valence-electron chi connectivity index (χ0n) is 20.8. The van der Waals surface area contributed by atoms with Gasteiger partial charge in [-0.15, -0.1) is 0 Å². The molecule has 4 rings (SSSR count). The van der Waals surface area contributed by atoms with Crippen molar-refractivity contribution in [3.63, 3.8) is 0 Å². The van der Waals surface area contributed by atoms with E-state index >= 15 is 0 Å². The lowest BCUT2D eigenvalue weighted by molar-refractivity contribution is 0.142. The second-order valence-corrected chi connectivity index (χ2v) is 11.6. The van der Waals surface area contributed by atoms with E-state index < -0.39 is 21.4 Å². The molecule has 11 heteroatoms. The zero-order chi connectivity index (χ0) is 26.7. The van der Waals surface area contributed by atoms with Crippen LogP contribution in [0.2, 0.25) is 5.15 Å². The second-order valence-electron chi connectivity index (χ2n) is 9.01. The maximum atomic E-state index is 12.4. The van der Waals surface area contributed by atoms with E-state index in [0.717, 1.165) is 16.8 Å². The number of carbonyl (C=O) groups is 1. The Labute approximate surface area is 221 Å². The minimum atomic E-state index is -3.55. The van der Waals surface area contributed by atoms with E-state index in [-0.39, 0.29) is 5.15 Å². The van der Waals surface area contributed by atoms with E-state index in [1.165, 1.54) is 12.0 Å². The van der Waals surface area contributed by atoms with Gasteiger partial charge in [-0.1, -0.05) is 23.7 Å². The minimum Gasteiger partial charge on any atom is -0.497 e. The van der Waals surface area contributed by atoms with Gasteiger partial charge in [-0.2, -0.15) is 0 Å². The van der Waals surface area contributed by atoms with Crippen LogP contribution in [0.25, 0.3) is 22.3 Å². The Kier molecular flexibility index (Phi) is 7.79. The molecule has 0 saturated carbocycles. The predicted molar refractivity (Wildman–Crippen MR) is 146 cm³/mol. The van der Waals surface area contributed by atoms with Gasteiger partial charge < -0.3 is 19.6 Å². The van der Waals surface area contributed by atoms with Crippen LogP contribution in [0, 0.1) is 0 Å². The first kappa shape index (κ1) is 26.6. The average Bonchev–Trinajstić information content (AvgIpc) is 2.88. The molecule has 1 fully saturated rings. The van der Waals surface area contributed by atoms with E-state index in [1.54, 1.807) is 38.2 Å². The van der Waals surface area contributed by atoms with Gasteiger partial charge in [-0.25, -0.2) is 18.2 Å². The number of ether oxygens (including phenoxy) is 1. The third-order valence-corrected chi connectivity index (χ3v) is 8.35. The normalized spacial score (nSPS) is 14.1. The smallest absolute Gasteiger partial charge is 0.407 e. The summed E-state index contributed by atoms with van der Waals surface area (Å²) < 4.78 is 32.8. The molecule has 0 bridgehead atoms. The van der Waals surface area contributed by atoms with Gasteiger partial charge in [0.05, 0.1) is 18.0 Å². The molecule has 1 aliphatic rings. The number of rotatable bonds is 7. The molecule has 9 nitrogen and oxygen atoms in total. The fourth-order valence-corrected chi connectivity index (χ4v) is 4.94. The van der Waals surface area contributed by atoms with Crippen molar-refractivity contribution in [1.82, 2.24) is 9.88 Å². The highest BCUT2D eigenvalue weighted by Gasteiger charge is 2.21. The van der Waals surface area contributed by atoms with E-state index in [9.17, 15) is 13.2 Å². The van der Waals surface area contributed by atoms with Crippen molar-refractivity contribution in [2.45, 2.75) is 19.1 Å². The molecule has 0 aliphatic carbocycles. The number of pyridine rings is 1. The molecular weight excluding hydrogens is 516 g/mol. The Morgan fingerprint density at radius 3 is 2.30 bits per heavy atom. The predicted octanol–water partition coefficient (Wildman–Crippen LogP) is 5.03. The fourth-order valence-electron chi connectivity index (χ4n) is 4.04. The van der Waals surface area contributed by atoms with Crippen LogP contribution < -0.4 is 14.4 Å². The van der Waals surface area contributed by atoms with Crippen molar-refractivity contribution in [3.8, 4) is 28.0 Å². The van der Waals surface area contributed by atoms with Crippen LogP contribution in [0.5, 0.6) is 5.75 Å². The molecule has 0 radical (unpaired) electrons. The number of hydrogen-bond donors (Lipinski definition) is 2. The van der Waals surface area contributed by atoms with Crippen LogP contribution in [-0.4, -0.2) is 68.0 Å². The number of halogens is 1. The lowest BCUT2D eigenvalue weighted by Crippen LogP contribution is -2.48. The number of sulfonamides is 1. The molecule has 3 aromatic rings. The summed E-state index contributed by atoms with van der Waals surface area (Å²) in [6, 6.07) is 15.0. The summed E-state index contributed by atoms with van der Waals surface area (Å²) in [5.41, 5.74) is 4.46. The van der Waals surface area contributed by atoms with Gasteiger partial charge in [0.2, 0.25) is 10.0 Å². The number of nitrogens with one attached hydrogen (secondary N) is 1. The first-order valence-electron chi connectivity index (χ1n) is 11.8. The number of methoxy groups -OCH3 is 1. The number of amides is 1. The summed E-state index contributed by atoms with van der Waals surface area (Å²) in [5, 5.41) is 8.84.